The lowest BCUT2D eigenvalue weighted by Crippen LogP contribution is -2.31. The van der Waals surface area contributed by atoms with E-state index in [2.05, 4.69) is 10.6 Å². The van der Waals surface area contributed by atoms with Crippen LogP contribution in [0.15, 0.2) is 47.4 Å². The summed E-state index contributed by atoms with van der Waals surface area (Å²) >= 11 is 1.17. The molecule has 0 saturated heterocycles. The van der Waals surface area contributed by atoms with Crippen LogP contribution in [-0.2, 0) is 4.79 Å². The van der Waals surface area contributed by atoms with Crippen LogP contribution >= 0.6 is 11.8 Å². The molecule has 142 valence electrons. The molecule has 2 aromatic carbocycles. The van der Waals surface area contributed by atoms with E-state index in [-0.39, 0.29) is 34.6 Å². The molecule has 2 amide bonds. The van der Waals surface area contributed by atoms with Crippen LogP contribution in [-0.4, -0.2) is 28.5 Å². The van der Waals surface area contributed by atoms with Gasteiger partial charge < -0.3 is 10.6 Å². The highest BCUT2D eigenvalue weighted by Crippen LogP contribution is 2.25. The molecule has 0 spiro atoms. The molecule has 0 bridgehead atoms. The van der Waals surface area contributed by atoms with Crippen LogP contribution < -0.4 is 10.6 Å². The number of thioether (sulfide) groups is 1. The zero-order chi connectivity index (χ0) is 20.0. The highest BCUT2D eigenvalue weighted by atomic mass is 32.2. The molecule has 2 rings (SSSR count). The summed E-state index contributed by atoms with van der Waals surface area (Å²) in [5, 5.41) is 15.9. The van der Waals surface area contributed by atoms with Crippen LogP contribution in [0.5, 0.6) is 0 Å². The van der Waals surface area contributed by atoms with Crippen molar-refractivity contribution in [3.63, 3.8) is 0 Å². The van der Waals surface area contributed by atoms with Gasteiger partial charge in [0.05, 0.1) is 21.9 Å². The first-order valence-electron chi connectivity index (χ1n) is 8.04. The third-order valence-corrected chi connectivity index (χ3v) is 4.42. The third kappa shape index (κ3) is 5.78. The summed E-state index contributed by atoms with van der Waals surface area (Å²) in [4.78, 5) is 35.0. The second kappa shape index (κ2) is 9.13. The smallest absolute Gasteiger partial charge is 0.271 e. The molecule has 0 unspecified atom stereocenters. The number of carbonyl (C=O) groups is 2. The number of carbonyl (C=O) groups excluding carboxylic acids is 2. The van der Waals surface area contributed by atoms with Crippen LogP contribution in [0.25, 0.3) is 0 Å². The van der Waals surface area contributed by atoms with E-state index in [1.807, 2.05) is 13.8 Å². The van der Waals surface area contributed by atoms with Gasteiger partial charge in [-0.15, -0.1) is 11.8 Å². The Bertz CT molecular complexity index is 873. The highest BCUT2D eigenvalue weighted by molar-refractivity contribution is 8.00. The Morgan fingerprint density at radius 3 is 2.59 bits per heavy atom. The average Bonchev–Trinajstić information content (AvgIpc) is 2.61. The Morgan fingerprint density at radius 1 is 1.22 bits per heavy atom. The zero-order valence-corrected chi connectivity index (χ0v) is 15.5. The summed E-state index contributed by atoms with van der Waals surface area (Å²) in [5.74, 6) is -1.46. The van der Waals surface area contributed by atoms with Crippen LogP contribution in [0.3, 0.4) is 0 Å². The van der Waals surface area contributed by atoms with E-state index in [9.17, 15) is 24.1 Å². The maximum absolute atomic E-state index is 13.9. The standard InChI is InChI=1S/C18H18FN3O4S/c1-11(2)20-17(23)10-27-16-6-4-3-5-13(16)18(24)21-15-9-12(22(25)26)7-8-14(15)19/h3-9,11H,10H2,1-2H3,(H,20,23)(H,21,24). The van der Waals surface area contributed by atoms with Crippen LogP contribution in [0.4, 0.5) is 15.8 Å². The second-order valence-electron chi connectivity index (χ2n) is 5.88. The molecule has 0 aromatic heterocycles. The number of halogens is 1. The summed E-state index contributed by atoms with van der Waals surface area (Å²) in [6.45, 7) is 3.69. The normalized spacial score (nSPS) is 10.5. The number of amides is 2. The van der Waals surface area contributed by atoms with Crippen molar-refractivity contribution < 1.29 is 18.9 Å². The molecule has 27 heavy (non-hydrogen) atoms. The summed E-state index contributed by atoms with van der Waals surface area (Å²) in [5.41, 5.74) is -0.378. The fourth-order valence-electron chi connectivity index (χ4n) is 2.20. The number of non-ortho nitro benzene ring substituents is 1. The van der Waals surface area contributed by atoms with Gasteiger partial charge in [0.25, 0.3) is 11.6 Å². The van der Waals surface area contributed by atoms with E-state index in [1.54, 1.807) is 18.2 Å². The summed E-state index contributed by atoms with van der Waals surface area (Å²) in [7, 11) is 0. The number of nitrogens with one attached hydrogen (secondary N) is 2. The van der Waals surface area contributed by atoms with Gasteiger partial charge in [0.2, 0.25) is 5.91 Å². The maximum Gasteiger partial charge on any atom is 0.271 e. The molecular formula is C18H18FN3O4S. The highest BCUT2D eigenvalue weighted by Gasteiger charge is 2.17. The Balaban J connectivity index is 2.16. The van der Waals surface area contributed by atoms with Crippen molar-refractivity contribution >= 4 is 35.0 Å². The molecule has 2 aromatic rings. The lowest BCUT2D eigenvalue weighted by atomic mass is 10.2. The number of nitrogens with zero attached hydrogens (tertiary/aromatic N) is 1. The van der Waals surface area contributed by atoms with Gasteiger partial charge in [0.1, 0.15) is 5.82 Å². The molecule has 0 heterocycles. The molecule has 0 aliphatic carbocycles. The Kier molecular flexibility index (Phi) is 6.89. The van der Waals surface area contributed by atoms with Crippen LogP contribution in [0, 0.1) is 15.9 Å². The van der Waals surface area contributed by atoms with Gasteiger partial charge in [-0.3, -0.25) is 19.7 Å². The van der Waals surface area contributed by atoms with Gasteiger partial charge in [0.15, 0.2) is 0 Å². The average molecular weight is 391 g/mol. The van der Waals surface area contributed by atoms with Gasteiger partial charge in [-0.25, -0.2) is 4.39 Å². The molecule has 9 heteroatoms. The van der Waals surface area contributed by atoms with Crippen LogP contribution in [0.1, 0.15) is 24.2 Å². The van der Waals surface area contributed by atoms with E-state index in [0.29, 0.717) is 4.90 Å². The fraction of sp³-hybridized carbons (Fsp3) is 0.222. The Hall–Kier alpha value is -2.94. The topological polar surface area (TPSA) is 101 Å². The monoisotopic (exact) mass is 391 g/mol. The van der Waals surface area contributed by atoms with Crippen LogP contribution in [0.2, 0.25) is 0 Å². The van der Waals surface area contributed by atoms with E-state index in [1.165, 1.54) is 17.8 Å². The SMILES string of the molecule is CC(C)NC(=O)CSc1ccccc1C(=O)Nc1cc([N+](=O)[O-])ccc1F. The predicted molar refractivity (Wildman–Crippen MR) is 101 cm³/mol. The lowest BCUT2D eigenvalue weighted by Gasteiger charge is -2.11. The number of anilines is 1. The number of rotatable bonds is 7. The van der Waals surface area contributed by atoms with Crippen molar-refractivity contribution in [3.05, 3.63) is 64.0 Å². The van der Waals surface area contributed by atoms with E-state index in [0.717, 1.165) is 18.2 Å². The van der Waals surface area contributed by atoms with Crippen molar-refractivity contribution in [2.75, 3.05) is 11.1 Å². The molecule has 0 saturated carbocycles. The molecule has 0 aliphatic rings. The first-order chi connectivity index (χ1) is 12.8. The largest absolute Gasteiger partial charge is 0.353 e. The first kappa shape index (κ1) is 20.4. The summed E-state index contributed by atoms with van der Waals surface area (Å²) < 4.78 is 13.9. The summed E-state index contributed by atoms with van der Waals surface area (Å²) in [6.07, 6.45) is 0. The number of hydrogen-bond donors (Lipinski definition) is 2. The number of benzene rings is 2. The third-order valence-electron chi connectivity index (χ3n) is 3.35. The number of hydrogen-bond acceptors (Lipinski definition) is 5. The quantitative estimate of drug-likeness (QED) is 0.427. The fourth-order valence-corrected chi connectivity index (χ4v) is 3.06. The minimum atomic E-state index is -0.782. The van der Waals surface area contributed by atoms with Gasteiger partial charge >= 0.3 is 0 Å². The van der Waals surface area contributed by atoms with Gasteiger partial charge in [-0.2, -0.15) is 0 Å². The maximum atomic E-state index is 13.9. The molecule has 0 fully saturated rings. The molecule has 2 N–H and O–H groups in total. The van der Waals surface area contributed by atoms with Gasteiger partial charge in [0, 0.05) is 23.1 Å². The Morgan fingerprint density at radius 2 is 1.93 bits per heavy atom. The van der Waals surface area contributed by atoms with Crippen molar-refractivity contribution in [2.24, 2.45) is 0 Å². The first-order valence-corrected chi connectivity index (χ1v) is 9.03. The molecular weight excluding hydrogens is 373 g/mol. The zero-order valence-electron chi connectivity index (χ0n) is 14.7. The van der Waals surface area contributed by atoms with E-state index in [4.69, 9.17) is 0 Å². The molecule has 0 atom stereocenters. The van der Waals surface area contributed by atoms with Gasteiger partial charge in [-0.1, -0.05) is 12.1 Å². The molecule has 7 nitrogen and oxygen atoms in total. The minimum absolute atomic E-state index is 0.00786. The van der Waals surface area contributed by atoms with Crippen molar-refractivity contribution in [1.29, 1.82) is 0 Å². The van der Waals surface area contributed by atoms with E-state index < -0.39 is 16.6 Å². The van der Waals surface area contributed by atoms with Crippen molar-refractivity contribution in [2.45, 2.75) is 24.8 Å². The van der Waals surface area contributed by atoms with Crippen molar-refractivity contribution in [3.8, 4) is 0 Å². The van der Waals surface area contributed by atoms with Gasteiger partial charge in [-0.05, 0) is 32.0 Å². The Labute approximate surface area is 159 Å². The van der Waals surface area contributed by atoms with E-state index >= 15 is 0 Å². The number of nitro groups is 1. The molecule has 0 radical (unpaired) electrons. The summed E-state index contributed by atoms with van der Waals surface area (Å²) in [6, 6.07) is 9.46. The minimum Gasteiger partial charge on any atom is -0.353 e. The second-order valence-corrected chi connectivity index (χ2v) is 6.90. The van der Waals surface area contributed by atoms with Crippen molar-refractivity contribution in [1.82, 2.24) is 5.32 Å². The molecule has 0 aliphatic heterocycles. The predicted octanol–water partition coefficient (Wildman–Crippen LogP) is 3.60. The lowest BCUT2D eigenvalue weighted by molar-refractivity contribution is -0.384. The number of nitro benzene ring substituents is 1.